The molecule has 0 heterocycles. The van der Waals surface area contributed by atoms with Crippen molar-refractivity contribution >= 4 is 17.5 Å². The van der Waals surface area contributed by atoms with E-state index < -0.39 is 5.41 Å². The smallest absolute Gasteiger partial charge is 0.251 e. The van der Waals surface area contributed by atoms with Gasteiger partial charge in [-0.1, -0.05) is 32.0 Å². The summed E-state index contributed by atoms with van der Waals surface area (Å²) in [5.41, 5.74) is 6.67. The van der Waals surface area contributed by atoms with Gasteiger partial charge < -0.3 is 16.4 Å². The molecule has 0 radical (unpaired) electrons. The SMILES string of the molecule is CCC(CC)(CN)C(=O)Nc1ccc(C(=O)NCc2ccccc2F)cc1. The first-order valence-electron chi connectivity index (χ1n) is 9.09. The molecule has 4 N–H and O–H groups in total. The predicted octanol–water partition coefficient (Wildman–Crippen LogP) is 3.46. The fraction of sp³-hybridized carbons (Fsp3) is 0.333. The molecule has 0 unspecified atom stereocenters. The molecule has 2 rings (SSSR count). The molecule has 6 heteroatoms. The zero-order valence-corrected chi connectivity index (χ0v) is 15.7. The van der Waals surface area contributed by atoms with E-state index in [9.17, 15) is 14.0 Å². The van der Waals surface area contributed by atoms with Gasteiger partial charge in [-0.3, -0.25) is 9.59 Å². The van der Waals surface area contributed by atoms with Crippen LogP contribution in [0.1, 0.15) is 42.6 Å². The van der Waals surface area contributed by atoms with E-state index in [2.05, 4.69) is 10.6 Å². The molecule has 0 saturated carbocycles. The first kappa shape index (κ1) is 20.6. The van der Waals surface area contributed by atoms with Crippen LogP contribution in [0.2, 0.25) is 0 Å². The Hall–Kier alpha value is -2.73. The summed E-state index contributed by atoms with van der Waals surface area (Å²) in [6, 6.07) is 12.9. The standard InChI is InChI=1S/C21H26FN3O2/c1-3-21(4-2,14-23)20(27)25-17-11-9-15(10-12-17)19(26)24-13-16-7-5-6-8-18(16)22/h5-12H,3-4,13-14,23H2,1-2H3,(H,24,26)(H,25,27). The molecule has 0 atom stereocenters. The lowest BCUT2D eigenvalue weighted by Gasteiger charge is -2.28. The van der Waals surface area contributed by atoms with E-state index in [0.29, 0.717) is 29.7 Å². The van der Waals surface area contributed by atoms with Crippen LogP contribution in [0.15, 0.2) is 48.5 Å². The van der Waals surface area contributed by atoms with Crippen LogP contribution in [0.3, 0.4) is 0 Å². The first-order valence-corrected chi connectivity index (χ1v) is 9.09. The molecule has 2 amide bonds. The number of amides is 2. The van der Waals surface area contributed by atoms with Gasteiger partial charge in [-0.25, -0.2) is 4.39 Å². The number of halogens is 1. The van der Waals surface area contributed by atoms with Crippen LogP contribution >= 0.6 is 0 Å². The van der Waals surface area contributed by atoms with Gasteiger partial charge in [-0.15, -0.1) is 0 Å². The summed E-state index contributed by atoms with van der Waals surface area (Å²) >= 11 is 0. The third kappa shape index (κ3) is 4.92. The number of hydrogen-bond donors (Lipinski definition) is 3. The van der Waals surface area contributed by atoms with Crippen LogP contribution in [0.4, 0.5) is 10.1 Å². The van der Waals surface area contributed by atoms with Crippen molar-refractivity contribution in [3.63, 3.8) is 0 Å². The van der Waals surface area contributed by atoms with E-state index in [1.165, 1.54) is 6.07 Å². The average Bonchev–Trinajstić information content (AvgIpc) is 2.69. The van der Waals surface area contributed by atoms with Crippen molar-refractivity contribution in [3.05, 3.63) is 65.5 Å². The van der Waals surface area contributed by atoms with Gasteiger partial charge in [0.15, 0.2) is 0 Å². The predicted molar refractivity (Wildman–Crippen MR) is 105 cm³/mol. The van der Waals surface area contributed by atoms with Crippen molar-refractivity contribution in [2.24, 2.45) is 11.1 Å². The highest BCUT2D eigenvalue weighted by atomic mass is 19.1. The molecule has 5 nitrogen and oxygen atoms in total. The molecule has 0 fully saturated rings. The van der Waals surface area contributed by atoms with Crippen LogP contribution in [0.25, 0.3) is 0 Å². The Morgan fingerprint density at radius 1 is 1.04 bits per heavy atom. The number of anilines is 1. The van der Waals surface area contributed by atoms with Gasteiger partial charge in [0.2, 0.25) is 5.91 Å². The van der Waals surface area contributed by atoms with Crippen LogP contribution in [0.5, 0.6) is 0 Å². The minimum Gasteiger partial charge on any atom is -0.348 e. The molecular weight excluding hydrogens is 345 g/mol. The van der Waals surface area contributed by atoms with Crippen molar-refractivity contribution in [2.75, 3.05) is 11.9 Å². The molecule has 0 aliphatic rings. The second kappa shape index (κ2) is 9.28. The second-order valence-electron chi connectivity index (χ2n) is 6.50. The Labute approximate surface area is 159 Å². The fourth-order valence-electron chi connectivity index (χ4n) is 2.84. The molecular formula is C21H26FN3O2. The van der Waals surface area contributed by atoms with Gasteiger partial charge in [-0.2, -0.15) is 0 Å². The number of hydrogen-bond acceptors (Lipinski definition) is 3. The maximum absolute atomic E-state index is 13.6. The summed E-state index contributed by atoms with van der Waals surface area (Å²) in [6.07, 6.45) is 1.31. The Morgan fingerprint density at radius 2 is 1.67 bits per heavy atom. The van der Waals surface area contributed by atoms with Crippen molar-refractivity contribution < 1.29 is 14.0 Å². The highest BCUT2D eigenvalue weighted by Crippen LogP contribution is 2.27. The third-order valence-electron chi connectivity index (χ3n) is 5.03. The lowest BCUT2D eigenvalue weighted by Crippen LogP contribution is -2.41. The van der Waals surface area contributed by atoms with Crippen LogP contribution in [-0.4, -0.2) is 18.4 Å². The minimum absolute atomic E-state index is 0.107. The van der Waals surface area contributed by atoms with Crippen molar-refractivity contribution in [2.45, 2.75) is 33.2 Å². The molecule has 2 aromatic rings. The summed E-state index contributed by atoms with van der Waals surface area (Å²) in [7, 11) is 0. The Balaban J connectivity index is 1.99. The number of nitrogens with two attached hydrogens (primary N) is 1. The quantitative estimate of drug-likeness (QED) is 0.664. The molecule has 27 heavy (non-hydrogen) atoms. The lowest BCUT2D eigenvalue weighted by atomic mass is 9.81. The van der Waals surface area contributed by atoms with Crippen LogP contribution < -0.4 is 16.4 Å². The molecule has 0 aromatic heterocycles. The Kier molecular flexibility index (Phi) is 7.07. The number of carbonyl (C=O) groups excluding carboxylic acids is 2. The Morgan fingerprint density at radius 3 is 2.22 bits per heavy atom. The molecule has 0 aliphatic carbocycles. The third-order valence-corrected chi connectivity index (χ3v) is 5.03. The van der Waals surface area contributed by atoms with E-state index in [-0.39, 0.29) is 30.7 Å². The summed E-state index contributed by atoms with van der Waals surface area (Å²) in [6.45, 7) is 4.27. The number of benzene rings is 2. The van der Waals surface area contributed by atoms with Gasteiger partial charge in [0, 0.05) is 29.9 Å². The molecule has 2 aromatic carbocycles. The number of carbonyl (C=O) groups is 2. The van der Waals surface area contributed by atoms with Crippen molar-refractivity contribution in [1.29, 1.82) is 0 Å². The highest BCUT2D eigenvalue weighted by Gasteiger charge is 2.33. The number of nitrogens with one attached hydrogen (secondary N) is 2. The first-order chi connectivity index (χ1) is 13.0. The minimum atomic E-state index is -0.587. The molecule has 0 bridgehead atoms. The zero-order chi connectivity index (χ0) is 19.9. The summed E-state index contributed by atoms with van der Waals surface area (Å²) in [4.78, 5) is 24.8. The Bertz CT molecular complexity index is 778. The zero-order valence-electron chi connectivity index (χ0n) is 15.7. The van der Waals surface area contributed by atoms with Crippen LogP contribution in [0, 0.1) is 11.2 Å². The van der Waals surface area contributed by atoms with E-state index in [0.717, 1.165) is 0 Å². The maximum Gasteiger partial charge on any atom is 0.251 e. The number of rotatable bonds is 8. The van der Waals surface area contributed by atoms with Gasteiger partial charge in [0.05, 0.1) is 5.41 Å². The molecule has 0 saturated heterocycles. The second-order valence-corrected chi connectivity index (χ2v) is 6.50. The van der Waals surface area contributed by atoms with Gasteiger partial charge in [-0.05, 0) is 43.2 Å². The van der Waals surface area contributed by atoms with Crippen LogP contribution in [-0.2, 0) is 11.3 Å². The van der Waals surface area contributed by atoms with Crippen molar-refractivity contribution in [1.82, 2.24) is 5.32 Å². The summed E-state index contributed by atoms with van der Waals surface area (Å²) in [5, 5.41) is 5.55. The topological polar surface area (TPSA) is 84.2 Å². The van der Waals surface area contributed by atoms with Gasteiger partial charge in [0.1, 0.15) is 5.82 Å². The maximum atomic E-state index is 13.6. The largest absolute Gasteiger partial charge is 0.348 e. The summed E-state index contributed by atoms with van der Waals surface area (Å²) < 4.78 is 13.6. The average molecular weight is 371 g/mol. The monoisotopic (exact) mass is 371 g/mol. The van der Waals surface area contributed by atoms with E-state index in [1.807, 2.05) is 13.8 Å². The fourth-order valence-corrected chi connectivity index (χ4v) is 2.84. The highest BCUT2D eigenvalue weighted by molar-refractivity contribution is 5.97. The van der Waals surface area contributed by atoms with E-state index in [1.54, 1.807) is 42.5 Å². The summed E-state index contributed by atoms with van der Waals surface area (Å²) in [5.74, 6) is -0.785. The van der Waals surface area contributed by atoms with E-state index >= 15 is 0 Å². The normalized spacial score (nSPS) is 11.1. The molecule has 144 valence electrons. The van der Waals surface area contributed by atoms with Crippen molar-refractivity contribution in [3.8, 4) is 0 Å². The lowest BCUT2D eigenvalue weighted by molar-refractivity contribution is -0.125. The van der Waals surface area contributed by atoms with Gasteiger partial charge >= 0.3 is 0 Å². The molecule has 0 aliphatic heterocycles. The van der Waals surface area contributed by atoms with E-state index in [4.69, 9.17) is 5.73 Å². The molecule has 0 spiro atoms. The van der Waals surface area contributed by atoms with Gasteiger partial charge in [0.25, 0.3) is 5.91 Å².